The maximum atomic E-state index is 12.6. The van der Waals surface area contributed by atoms with Gasteiger partial charge >= 0.3 is 11.9 Å². The standard InChI is InChI=1S/C13H19O6P.C3H9N/c1-3-4-8-20(18,19)13(12(16)17)7-5-6-10(9(13)2)11(14)15;1-2-3-4/h5-7,9H,3-4,8H2,1-2H3,(H,14,15)(H,16,17)(H,18,19);2-4H2,1H3. The molecule has 0 aliphatic heterocycles. The minimum Gasteiger partial charge on any atom is -0.480 e. The van der Waals surface area contributed by atoms with Crippen LogP contribution in [0.15, 0.2) is 23.8 Å². The van der Waals surface area contributed by atoms with Crippen molar-refractivity contribution in [3.63, 3.8) is 0 Å². The number of hydrogen-bond donors (Lipinski definition) is 4. The molecule has 0 aromatic heterocycles. The first-order valence-electron chi connectivity index (χ1n) is 8.00. The third-order valence-electron chi connectivity index (χ3n) is 4.02. The van der Waals surface area contributed by atoms with Crippen LogP contribution >= 0.6 is 7.37 Å². The van der Waals surface area contributed by atoms with Crippen molar-refractivity contribution >= 4 is 19.3 Å². The van der Waals surface area contributed by atoms with Crippen LogP contribution < -0.4 is 5.73 Å². The van der Waals surface area contributed by atoms with Crippen LogP contribution in [0.2, 0.25) is 0 Å². The summed E-state index contributed by atoms with van der Waals surface area (Å²) in [5, 5.41) is 16.5. The number of rotatable bonds is 7. The van der Waals surface area contributed by atoms with Gasteiger partial charge in [-0.25, -0.2) is 4.79 Å². The average Bonchev–Trinajstić information content (AvgIpc) is 2.52. The van der Waals surface area contributed by atoms with Crippen LogP contribution in [0.3, 0.4) is 0 Å². The first-order valence-corrected chi connectivity index (χ1v) is 9.84. The number of allylic oxidation sites excluding steroid dienone is 2. The van der Waals surface area contributed by atoms with Gasteiger partial charge in [-0.2, -0.15) is 0 Å². The fourth-order valence-corrected chi connectivity index (χ4v) is 4.94. The Bertz CT molecular complexity index is 555. The largest absolute Gasteiger partial charge is 0.480 e. The lowest BCUT2D eigenvalue weighted by molar-refractivity contribution is -0.140. The third kappa shape index (κ3) is 4.79. The van der Waals surface area contributed by atoms with Crippen molar-refractivity contribution in [2.45, 2.75) is 45.2 Å². The first-order chi connectivity index (χ1) is 11.1. The molecule has 0 aromatic rings. The highest BCUT2D eigenvalue weighted by Crippen LogP contribution is 2.61. The predicted octanol–water partition coefficient (Wildman–Crippen LogP) is 2.45. The summed E-state index contributed by atoms with van der Waals surface area (Å²) in [4.78, 5) is 33.1. The molecule has 0 bridgehead atoms. The van der Waals surface area contributed by atoms with Gasteiger partial charge < -0.3 is 20.8 Å². The number of unbranched alkanes of at least 4 members (excludes halogenated alkanes) is 1. The Morgan fingerprint density at radius 1 is 1.29 bits per heavy atom. The molecule has 0 radical (unpaired) electrons. The van der Waals surface area contributed by atoms with Gasteiger partial charge in [0.2, 0.25) is 7.37 Å². The minimum absolute atomic E-state index is 0.141. The zero-order valence-corrected chi connectivity index (χ0v) is 15.3. The van der Waals surface area contributed by atoms with E-state index in [2.05, 4.69) is 6.92 Å². The summed E-state index contributed by atoms with van der Waals surface area (Å²) in [6, 6.07) is 0. The monoisotopic (exact) mass is 361 g/mol. The minimum atomic E-state index is -4.10. The highest BCUT2D eigenvalue weighted by molar-refractivity contribution is 7.61. The van der Waals surface area contributed by atoms with Crippen LogP contribution in [0.1, 0.15) is 40.0 Å². The molecule has 0 fully saturated rings. The zero-order valence-electron chi connectivity index (χ0n) is 14.4. The second-order valence-electron chi connectivity index (χ2n) is 5.71. The van der Waals surface area contributed by atoms with Gasteiger partial charge in [-0.15, -0.1) is 0 Å². The van der Waals surface area contributed by atoms with Crippen molar-refractivity contribution in [2.24, 2.45) is 11.7 Å². The predicted molar refractivity (Wildman–Crippen MR) is 93.3 cm³/mol. The number of carbonyl (C=O) groups is 2. The molecule has 1 rings (SSSR count). The fourth-order valence-electron chi connectivity index (χ4n) is 2.46. The summed E-state index contributed by atoms with van der Waals surface area (Å²) in [5.74, 6) is -3.81. The fraction of sp³-hybridized carbons (Fsp3) is 0.625. The van der Waals surface area contributed by atoms with Crippen LogP contribution in [-0.2, 0) is 14.2 Å². The van der Waals surface area contributed by atoms with E-state index in [0.29, 0.717) is 12.8 Å². The summed E-state index contributed by atoms with van der Waals surface area (Å²) in [6.45, 7) is 6.07. The van der Waals surface area contributed by atoms with Gasteiger partial charge in [0.1, 0.15) is 0 Å². The average molecular weight is 361 g/mol. The maximum Gasteiger partial charge on any atom is 0.331 e. The highest BCUT2D eigenvalue weighted by Gasteiger charge is 2.57. The maximum absolute atomic E-state index is 12.6. The second-order valence-corrected chi connectivity index (χ2v) is 8.30. The molecular formula is C16H28NO6P. The molecule has 0 amide bonds. The van der Waals surface area contributed by atoms with E-state index in [1.807, 2.05) is 6.92 Å². The van der Waals surface area contributed by atoms with Crippen LogP contribution in [0.25, 0.3) is 0 Å². The molecule has 3 atom stereocenters. The number of hydrogen-bond acceptors (Lipinski definition) is 4. The van der Waals surface area contributed by atoms with Gasteiger partial charge in [0.05, 0.1) is 0 Å². The van der Waals surface area contributed by atoms with Crippen molar-refractivity contribution in [3.05, 3.63) is 23.8 Å². The number of carboxylic acids is 2. The Morgan fingerprint density at radius 3 is 2.21 bits per heavy atom. The highest BCUT2D eigenvalue weighted by atomic mass is 31.2. The van der Waals surface area contributed by atoms with Crippen LogP contribution in [0, 0.1) is 5.92 Å². The van der Waals surface area contributed by atoms with Gasteiger partial charge in [0, 0.05) is 17.7 Å². The molecule has 3 unspecified atom stereocenters. The van der Waals surface area contributed by atoms with Crippen LogP contribution in [0.4, 0.5) is 0 Å². The SMILES string of the molecule is CCCCP(=O)(O)C1(C(=O)O)C=CC=C(C(=O)O)C1C.CCCN. The molecule has 5 N–H and O–H groups in total. The molecular weight excluding hydrogens is 333 g/mol. The Kier molecular flexibility index (Phi) is 9.18. The molecule has 24 heavy (non-hydrogen) atoms. The molecule has 138 valence electrons. The number of aliphatic carboxylic acids is 2. The van der Waals surface area contributed by atoms with E-state index in [0.717, 1.165) is 19.0 Å². The van der Waals surface area contributed by atoms with Crippen molar-refractivity contribution < 1.29 is 29.3 Å². The molecule has 0 saturated carbocycles. The summed E-state index contributed by atoms with van der Waals surface area (Å²) in [6.07, 6.45) is 5.69. The molecule has 0 spiro atoms. The number of nitrogens with two attached hydrogens (primary N) is 1. The Morgan fingerprint density at radius 2 is 1.83 bits per heavy atom. The summed E-state index contributed by atoms with van der Waals surface area (Å²) in [7, 11) is -4.10. The van der Waals surface area contributed by atoms with E-state index in [-0.39, 0.29) is 11.7 Å². The van der Waals surface area contributed by atoms with E-state index in [4.69, 9.17) is 10.8 Å². The van der Waals surface area contributed by atoms with Crippen molar-refractivity contribution in [1.82, 2.24) is 0 Å². The van der Waals surface area contributed by atoms with Crippen LogP contribution in [0.5, 0.6) is 0 Å². The van der Waals surface area contributed by atoms with Crippen molar-refractivity contribution in [3.8, 4) is 0 Å². The zero-order chi connectivity index (χ0) is 19.0. The van der Waals surface area contributed by atoms with Gasteiger partial charge in [0.25, 0.3) is 0 Å². The molecule has 8 heteroatoms. The van der Waals surface area contributed by atoms with Gasteiger partial charge in [-0.3, -0.25) is 9.36 Å². The molecule has 7 nitrogen and oxygen atoms in total. The van der Waals surface area contributed by atoms with E-state index in [1.165, 1.54) is 19.1 Å². The topological polar surface area (TPSA) is 138 Å². The third-order valence-corrected chi connectivity index (χ3v) is 6.83. The Hall–Kier alpha value is -1.43. The summed E-state index contributed by atoms with van der Waals surface area (Å²) in [5.41, 5.74) is 4.86. The van der Waals surface area contributed by atoms with E-state index in [9.17, 15) is 24.2 Å². The lowest BCUT2D eigenvalue weighted by Gasteiger charge is -2.38. The number of carboxylic acid groups (broad SMARTS) is 2. The molecule has 1 aliphatic rings. The Balaban J connectivity index is 0.00000118. The normalized spacial score (nSPS) is 25.0. The van der Waals surface area contributed by atoms with E-state index < -0.39 is 30.4 Å². The van der Waals surface area contributed by atoms with Crippen LogP contribution in [-0.4, -0.2) is 44.9 Å². The van der Waals surface area contributed by atoms with Crippen molar-refractivity contribution in [1.29, 1.82) is 0 Å². The van der Waals surface area contributed by atoms with E-state index in [1.54, 1.807) is 0 Å². The molecule has 0 aromatic carbocycles. The summed E-state index contributed by atoms with van der Waals surface area (Å²) < 4.78 is 12.6. The van der Waals surface area contributed by atoms with Crippen molar-refractivity contribution in [2.75, 3.05) is 12.7 Å². The second kappa shape index (κ2) is 9.77. The van der Waals surface area contributed by atoms with Gasteiger partial charge in [-0.1, -0.05) is 45.4 Å². The smallest absolute Gasteiger partial charge is 0.331 e. The van der Waals surface area contributed by atoms with Gasteiger partial charge in [0.15, 0.2) is 5.16 Å². The van der Waals surface area contributed by atoms with Gasteiger partial charge in [-0.05, 0) is 19.4 Å². The molecule has 0 saturated heterocycles. The summed E-state index contributed by atoms with van der Waals surface area (Å²) >= 11 is 0. The Labute approximate surface area is 142 Å². The van der Waals surface area contributed by atoms with E-state index >= 15 is 0 Å². The molecule has 1 aliphatic carbocycles. The first kappa shape index (κ1) is 22.6. The quantitative estimate of drug-likeness (QED) is 0.511. The molecule has 0 heterocycles. The lowest BCUT2D eigenvalue weighted by Crippen LogP contribution is -2.46. The lowest BCUT2D eigenvalue weighted by atomic mass is 9.82.